The number of carbonyl (C=O) groups excluding carboxylic acids is 1. The van der Waals surface area contributed by atoms with Gasteiger partial charge < -0.3 is 16.0 Å². The number of likely N-dealkylation sites (tertiary alicyclic amines) is 1. The maximum Gasteiger partial charge on any atom is 0.318 e. The minimum absolute atomic E-state index is 0.0398. The minimum atomic E-state index is -0.0398. The fraction of sp³-hybridized carbons (Fsp3) is 0.917. The molecule has 2 bridgehead atoms. The number of urea groups is 1. The highest BCUT2D eigenvalue weighted by molar-refractivity contribution is 5.76. The number of amides is 2. The van der Waals surface area contributed by atoms with Crippen LogP contribution in [0.5, 0.6) is 0 Å². The molecule has 1 aliphatic carbocycles. The van der Waals surface area contributed by atoms with E-state index in [1.54, 1.807) is 0 Å². The van der Waals surface area contributed by atoms with Gasteiger partial charge in [-0.15, -0.1) is 0 Å². The van der Waals surface area contributed by atoms with Crippen LogP contribution in [0.2, 0.25) is 0 Å². The fourth-order valence-corrected chi connectivity index (χ4v) is 3.23. The van der Waals surface area contributed by atoms with Crippen LogP contribution in [0.15, 0.2) is 0 Å². The van der Waals surface area contributed by atoms with Crippen molar-refractivity contribution in [2.45, 2.75) is 51.1 Å². The molecule has 0 aromatic rings. The van der Waals surface area contributed by atoms with Gasteiger partial charge in [-0.2, -0.15) is 0 Å². The third kappa shape index (κ3) is 1.90. The van der Waals surface area contributed by atoms with E-state index in [0.29, 0.717) is 12.5 Å². The van der Waals surface area contributed by atoms with Gasteiger partial charge in [0, 0.05) is 19.1 Å². The molecule has 2 aliphatic rings. The highest BCUT2D eigenvalue weighted by Crippen LogP contribution is 2.43. The number of nitrogens with one attached hydrogen (secondary N) is 1. The van der Waals surface area contributed by atoms with Crippen LogP contribution in [-0.2, 0) is 0 Å². The Morgan fingerprint density at radius 1 is 1.62 bits per heavy atom. The molecule has 2 amide bonds. The van der Waals surface area contributed by atoms with Crippen LogP contribution < -0.4 is 11.1 Å². The van der Waals surface area contributed by atoms with Gasteiger partial charge in [0.05, 0.1) is 5.54 Å². The van der Waals surface area contributed by atoms with Gasteiger partial charge in [-0.3, -0.25) is 0 Å². The number of nitrogens with two attached hydrogens (primary N) is 1. The maximum atomic E-state index is 12.1. The second-order valence-corrected chi connectivity index (χ2v) is 5.61. The second kappa shape index (κ2) is 4.24. The van der Waals surface area contributed by atoms with Crippen molar-refractivity contribution in [1.29, 1.82) is 0 Å². The Bertz CT molecular complexity index is 279. The summed E-state index contributed by atoms with van der Waals surface area (Å²) in [6.07, 6.45) is 4.65. The first-order chi connectivity index (χ1) is 7.57. The summed E-state index contributed by atoms with van der Waals surface area (Å²) in [5.74, 6) is 0.676. The number of fused-ring (bicyclic) bond motifs is 2. The normalized spacial score (nSPS) is 33.2. The van der Waals surface area contributed by atoms with Gasteiger partial charge in [-0.1, -0.05) is 6.42 Å². The first-order valence-electron chi connectivity index (χ1n) is 6.35. The SMILES string of the molecule is CC(C)NC(=O)N1CC2CCCC1(CN)C2. The van der Waals surface area contributed by atoms with E-state index in [2.05, 4.69) is 5.32 Å². The smallest absolute Gasteiger partial charge is 0.318 e. The minimum Gasteiger partial charge on any atom is -0.336 e. The highest BCUT2D eigenvalue weighted by atomic mass is 16.2. The molecule has 3 N–H and O–H groups in total. The lowest BCUT2D eigenvalue weighted by atomic mass is 9.80. The molecule has 2 fully saturated rings. The third-order valence-electron chi connectivity index (χ3n) is 3.97. The lowest BCUT2D eigenvalue weighted by molar-refractivity contribution is 0.138. The Hall–Kier alpha value is -0.770. The van der Waals surface area contributed by atoms with Crippen LogP contribution in [0.4, 0.5) is 4.79 Å². The number of rotatable bonds is 2. The molecule has 0 aromatic carbocycles. The largest absolute Gasteiger partial charge is 0.336 e. The zero-order valence-corrected chi connectivity index (χ0v) is 10.3. The van der Waals surface area contributed by atoms with Crippen molar-refractivity contribution in [3.8, 4) is 0 Å². The molecule has 0 radical (unpaired) electrons. The zero-order valence-electron chi connectivity index (χ0n) is 10.3. The van der Waals surface area contributed by atoms with Crippen LogP contribution in [0, 0.1) is 5.92 Å². The molecule has 92 valence electrons. The van der Waals surface area contributed by atoms with Crippen molar-refractivity contribution < 1.29 is 4.79 Å². The zero-order chi connectivity index (χ0) is 11.8. The molecule has 2 rings (SSSR count). The van der Waals surface area contributed by atoms with E-state index < -0.39 is 0 Å². The summed E-state index contributed by atoms with van der Waals surface area (Å²) in [4.78, 5) is 14.1. The maximum absolute atomic E-state index is 12.1. The van der Waals surface area contributed by atoms with Crippen LogP contribution in [0.1, 0.15) is 39.5 Å². The van der Waals surface area contributed by atoms with Crippen molar-refractivity contribution in [3.63, 3.8) is 0 Å². The van der Waals surface area contributed by atoms with E-state index >= 15 is 0 Å². The lowest BCUT2D eigenvalue weighted by Gasteiger charge is -2.39. The molecule has 2 unspecified atom stereocenters. The summed E-state index contributed by atoms with van der Waals surface area (Å²) in [6, 6.07) is 0.271. The number of hydrogen-bond donors (Lipinski definition) is 2. The molecule has 4 nitrogen and oxygen atoms in total. The van der Waals surface area contributed by atoms with Gasteiger partial charge in [0.15, 0.2) is 0 Å². The summed E-state index contributed by atoms with van der Waals surface area (Å²) in [5, 5.41) is 2.99. The monoisotopic (exact) mass is 225 g/mol. The summed E-state index contributed by atoms with van der Waals surface area (Å²) >= 11 is 0. The van der Waals surface area contributed by atoms with E-state index in [1.165, 1.54) is 12.8 Å². The Labute approximate surface area is 97.6 Å². The van der Waals surface area contributed by atoms with Gasteiger partial charge in [-0.05, 0) is 39.0 Å². The molecule has 0 spiro atoms. The van der Waals surface area contributed by atoms with Gasteiger partial charge in [0.25, 0.3) is 0 Å². The quantitative estimate of drug-likeness (QED) is 0.744. The number of carbonyl (C=O) groups is 1. The molecule has 0 aromatic heterocycles. The Balaban J connectivity index is 2.11. The van der Waals surface area contributed by atoms with Crippen LogP contribution >= 0.6 is 0 Å². The molecule has 16 heavy (non-hydrogen) atoms. The van der Waals surface area contributed by atoms with Crippen molar-refractivity contribution in [2.75, 3.05) is 13.1 Å². The van der Waals surface area contributed by atoms with E-state index in [4.69, 9.17) is 5.73 Å². The van der Waals surface area contributed by atoms with E-state index in [9.17, 15) is 4.79 Å². The summed E-state index contributed by atoms with van der Waals surface area (Å²) in [6.45, 7) is 5.50. The van der Waals surface area contributed by atoms with Gasteiger partial charge in [-0.25, -0.2) is 4.79 Å². The van der Waals surface area contributed by atoms with Crippen LogP contribution in [0.25, 0.3) is 0 Å². The molecular weight excluding hydrogens is 202 g/mol. The second-order valence-electron chi connectivity index (χ2n) is 5.61. The average Bonchev–Trinajstić information content (AvgIpc) is 2.50. The predicted molar refractivity (Wildman–Crippen MR) is 64.1 cm³/mol. The molecule has 4 heteroatoms. The predicted octanol–water partition coefficient (Wildman–Crippen LogP) is 1.31. The summed E-state index contributed by atoms with van der Waals surface area (Å²) in [5.41, 5.74) is 5.87. The molecule has 1 saturated heterocycles. The van der Waals surface area contributed by atoms with Crippen molar-refractivity contribution in [1.82, 2.24) is 10.2 Å². The molecular formula is C12H23N3O. The van der Waals surface area contributed by atoms with Crippen molar-refractivity contribution >= 4 is 6.03 Å². The molecule has 1 aliphatic heterocycles. The molecule has 1 heterocycles. The highest BCUT2D eigenvalue weighted by Gasteiger charge is 2.49. The average molecular weight is 225 g/mol. The first kappa shape index (κ1) is 11.7. The number of nitrogens with zero attached hydrogens (tertiary/aromatic N) is 1. The van der Waals surface area contributed by atoms with E-state index in [-0.39, 0.29) is 17.6 Å². The fourth-order valence-electron chi connectivity index (χ4n) is 3.23. The first-order valence-corrected chi connectivity index (χ1v) is 6.35. The topological polar surface area (TPSA) is 58.4 Å². The van der Waals surface area contributed by atoms with E-state index in [0.717, 1.165) is 19.4 Å². The molecule has 2 atom stereocenters. The Morgan fingerprint density at radius 3 is 3.00 bits per heavy atom. The Kier molecular flexibility index (Phi) is 3.10. The van der Waals surface area contributed by atoms with Crippen molar-refractivity contribution in [2.24, 2.45) is 11.7 Å². The van der Waals surface area contributed by atoms with Crippen molar-refractivity contribution in [3.05, 3.63) is 0 Å². The number of hydrogen-bond acceptors (Lipinski definition) is 2. The molecule has 1 saturated carbocycles. The third-order valence-corrected chi connectivity index (χ3v) is 3.97. The van der Waals surface area contributed by atoms with E-state index in [1.807, 2.05) is 18.7 Å². The Morgan fingerprint density at radius 2 is 2.38 bits per heavy atom. The van der Waals surface area contributed by atoms with Gasteiger partial charge >= 0.3 is 6.03 Å². The van der Waals surface area contributed by atoms with Gasteiger partial charge in [0.1, 0.15) is 0 Å². The summed E-state index contributed by atoms with van der Waals surface area (Å²) in [7, 11) is 0. The lowest BCUT2D eigenvalue weighted by Crippen LogP contribution is -2.56. The van der Waals surface area contributed by atoms with Crippen LogP contribution in [0.3, 0.4) is 0 Å². The standard InChI is InChI=1S/C12H23N3O/c1-9(2)14-11(16)15-7-10-4-3-5-12(15,6-10)8-13/h9-10H,3-8,13H2,1-2H3,(H,14,16). The van der Waals surface area contributed by atoms with Gasteiger partial charge in [0.2, 0.25) is 0 Å². The summed E-state index contributed by atoms with van der Waals surface area (Å²) < 4.78 is 0. The van der Waals surface area contributed by atoms with Crippen LogP contribution in [-0.4, -0.2) is 35.6 Å².